The summed E-state index contributed by atoms with van der Waals surface area (Å²) in [6, 6.07) is 11.2. The van der Waals surface area contributed by atoms with Gasteiger partial charge in [-0.25, -0.2) is 4.57 Å². The van der Waals surface area contributed by atoms with Gasteiger partial charge in [0.05, 0.1) is 5.69 Å². The Balaban J connectivity index is 2.19. The highest BCUT2D eigenvalue weighted by atomic mass is 16.3. The molecular weight excluding hydrogens is 252 g/mol. The smallest absolute Gasteiger partial charge is 0.352 e. The fourth-order valence-electron chi connectivity index (χ4n) is 2.66. The molecule has 1 aromatic heterocycles. The van der Waals surface area contributed by atoms with Crippen molar-refractivity contribution in [1.82, 2.24) is 4.98 Å². The highest BCUT2D eigenvalue weighted by molar-refractivity contribution is 5.43. The van der Waals surface area contributed by atoms with Gasteiger partial charge in [-0.2, -0.15) is 5.26 Å². The van der Waals surface area contributed by atoms with Crippen LogP contribution in [0.2, 0.25) is 0 Å². The number of benzene rings is 1. The van der Waals surface area contributed by atoms with E-state index in [1.165, 1.54) is 4.90 Å². The van der Waals surface area contributed by atoms with Crippen LogP contribution >= 0.6 is 0 Å². The lowest BCUT2D eigenvalue weighted by Crippen LogP contribution is -2.44. The molecule has 1 aliphatic heterocycles. The molecule has 3 rings (SSSR count). The molecule has 1 aromatic carbocycles. The summed E-state index contributed by atoms with van der Waals surface area (Å²) in [6.07, 6.45) is 2.06. The van der Waals surface area contributed by atoms with E-state index in [9.17, 15) is 10.4 Å². The van der Waals surface area contributed by atoms with Crippen molar-refractivity contribution >= 4 is 5.95 Å². The van der Waals surface area contributed by atoms with E-state index in [-0.39, 0.29) is 0 Å². The minimum atomic E-state index is -1.38. The first-order chi connectivity index (χ1) is 9.56. The molecule has 0 fully saturated rings. The Morgan fingerprint density at radius 3 is 2.70 bits per heavy atom. The van der Waals surface area contributed by atoms with E-state index >= 15 is 0 Å². The normalized spacial score (nSPS) is 20.6. The van der Waals surface area contributed by atoms with Crippen LogP contribution in [-0.4, -0.2) is 10.1 Å². The summed E-state index contributed by atoms with van der Waals surface area (Å²) >= 11 is 0. The predicted molar refractivity (Wildman–Crippen MR) is 72.3 cm³/mol. The van der Waals surface area contributed by atoms with Crippen molar-refractivity contribution in [3.8, 4) is 6.19 Å². The van der Waals surface area contributed by atoms with Gasteiger partial charge in [-0.3, -0.25) is 0 Å². The van der Waals surface area contributed by atoms with E-state index < -0.39 is 5.72 Å². The topological polar surface area (TPSA) is 64.0 Å². The zero-order valence-electron chi connectivity index (χ0n) is 11.4. The predicted octanol–water partition coefficient (Wildman–Crippen LogP) is 1.13. The van der Waals surface area contributed by atoms with Gasteiger partial charge in [0.25, 0.3) is 11.9 Å². The summed E-state index contributed by atoms with van der Waals surface area (Å²) in [5, 5.41) is 20.5. The van der Waals surface area contributed by atoms with Crippen LogP contribution in [0.1, 0.15) is 17.0 Å². The average Bonchev–Trinajstić information content (AvgIpc) is 2.73. The van der Waals surface area contributed by atoms with Crippen LogP contribution in [0.15, 0.2) is 36.4 Å². The molecule has 1 atom stereocenters. The van der Waals surface area contributed by atoms with Crippen molar-refractivity contribution in [3.63, 3.8) is 0 Å². The lowest BCUT2D eigenvalue weighted by atomic mass is 10.0. The van der Waals surface area contributed by atoms with Gasteiger partial charge in [0.15, 0.2) is 0 Å². The molecule has 0 saturated heterocycles. The summed E-state index contributed by atoms with van der Waals surface area (Å²) in [6.45, 7) is 4.12. The molecule has 2 aromatic rings. The summed E-state index contributed by atoms with van der Waals surface area (Å²) in [5.41, 5.74) is 1.10. The molecule has 20 heavy (non-hydrogen) atoms. The van der Waals surface area contributed by atoms with Crippen LogP contribution in [0.4, 0.5) is 5.95 Å². The molecule has 0 amide bonds. The van der Waals surface area contributed by atoms with Gasteiger partial charge < -0.3 is 5.11 Å². The van der Waals surface area contributed by atoms with Crippen LogP contribution in [0.3, 0.4) is 0 Å². The van der Waals surface area contributed by atoms with Gasteiger partial charge in [-0.1, -0.05) is 35.3 Å². The second-order valence-electron chi connectivity index (χ2n) is 5.04. The molecule has 1 unspecified atom stereocenters. The molecule has 5 heteroatoms. The number of fused-ring (bicyclic) bond motifs is 1. The molecule has 0 saturated carbocycles. The number of rotatable bonds is 1. The van der Waals surface area contributed by atoms with Crippen LogP contribution in [0, 0.1) is 25.3 Å². The highest BCUT2D eigenvalue weighted by Crippen LogP contribution is 2.33. The Labute approximate surface area is 117 Å². The van der Waals surface area contributed by atoms with E-state index in [0.717, 1.165) is 11.4 Å². The number of nitrogens with zero attached hydrogens (tertiary/aromatic N) is 4. The number of aliphatic hydroxyl groups is 1. The molecule has 1 N–H and O–H groups in total. The monoisotopic (exact) mass is 267 g/mol. The number of anilines is 1. The quantitative estimate of drug-likeness (QED) is 0.621. The van der Waals surface area contributed by atoms with E-state index in [2.05, 4.69) is 11.2 Å². The second kappa shape index (κ2) is 4.29. The molecule has 5 nitrogen and oxygen atoms in total. The molecule has 0 spiro atoms. The summed E-state index contributed by atoms with van der Waals surface area (Å²) in [4.78, 5) is 5.67. The highest BCUT2D eigenvalue weighted by Gasteiger charge is 2.53. The molecule has 0 bridgehead atoms. The lowest BCUT2D eigenvalue weighted by molar-refractivity contribution is -0.691. The van der Waals surface area contributed by atoms with E-state index in [0.29, 0.717) is 18.1 Å². The van der Waals surface area contributed by atoms with Gasteiger partial charge in [-0.05, 0) is 13.8 Å². The minimum Gasteiger partial charge on any atom is -0.352 e. The van der Waals surface area contributed by atoms with Crippen molar-refractivity contribution in [1.29, 1.82) is 5.26 Å². The van der Waals surface area contributed by atoms with Crippen LogP contribution in [-0.2, 0) is 12.3 Å². The Bertz CT molecular complexity index is 708. The fraction of sp³-hybridized carbons (Fsp3) is 0.267. The van der Waals surface area contributed by atoms with Crippen molar-refractivity contribution < 1.29 is 9.67 Å². The maximum absolute atomic E-state index is 11.0. The average molecular weight is 267 g/mol. The molecular formula is C15H15N4O+. The van der Waals surface area contributed by atoms with Crippen molar-refractivity contribution in [3.05, 3.63) is 53.3 Å². The Hall–Kier alpha value is -2.45. The van der Waals surface area contributed by atoms with Crippen molar-refractivity contribution in [2.75, 3.05) is 4.90 Å². The number of nitriles is 1. The second-order valence-corrected chi connectivity index (χ2v) is 5.04. The minimum absolute atomic E-state index is 0.291. The van der Waals surface area contributed by atoms with Gasteiger partial charge in [-0.15, -0.1) is 4.90 Å². The van der Waals surface area contributed by atoms with Gasteiger partial charge in [0, 0.05) is 11.6 Å². The molecule has 1 aliphatic rings. The lowest BCUT2D eigenvalue weighted by Gasteiger charge is -2.22. The third-order valence-electron chi connectivity index (χ3n) is 3.65. The number of aryl methyl sites for hydroxylation is 2. The van der Waals surface area contributed by atoms with Gasteiger partial charge in [0.2, 0.25) is 0 Å². The molecule has 2 heterocycles. The fourth-order valence-corrected chi connectivity index (χ4v) is 2.66. The summed E-state index contributed by atoms with van der Waals surface area (Å²) in [7, 11) is 0. The maximum Gasteiger partial charge on any atom is 0.412 e. The standard InChI is InChI=1S/C15H15N4O/c1-11-8-12(2)18-9-15(20,13-6-4-3-5-7-13)19(10-16)14(18)17-11/h3-8,20H,9H2,1-2H3/q+1. The largest absolute Gasteiger partial charge is 0.412 e. The summed E-state index contributed by atoms with van der Waals surface area (Å²) < 4.78 is 1.86. The number of hydrogen-bond donors (Lipinski definition) is 1. The van der Waals surface area contributed by atoms with Crippen molar-refractivity contribution in [2.45, 2.75) is 26.1 Å². The van der Waals surface area contributed by atoms with Crippen LogP contribution < -0.4 is 9.47 Å². The Morgan fingerprint density at radius 1 is 1.35 bits per heavy atom. The maximum atomic E-state index is 11.0. The number of aromatic nitrogens is 2. The Kier molecular flexibility index (Phi) is 2.70. The first-order valence-electron chi connectivity index (χ1n) is 6.42. The van der Waals surface area contributed by atoms with E-state index in [1.54, 1.807) is 0 Å². The van der Waals surface area contributed by atoms with Crippen LogP contribution in [0.5, 0.6) is 0 Å². The first kappa shape index (κ1) is 12.6. The van der Waals surface area contributed by atoms with E-state index in [1.807, 2.05) is 54.8 Å². The third kappa shape index (κ3) is 1.66. The number of hydrogen-bond acceptors (Lipinski definition) is 4. The van der Waals surface area contributed by atoms with E-state index in [4.69, 9.17) is 0 Å². The van der Waals surface area contributed by atoms with Gasteiger partial charge in [0.1, 0.15) is 12.2 Å². The zero-order valence-corrected chi connectivity index (χ0v) is 11.4. The zero-order chi connectivity index (χ0) is 14.3. The molecule has 100 valence electrons. The van der Waals surface area contributed by atoms with Gasteiger partial charge >= 0.3 is 5.95 Å². The van der Waals surface area contributed by atoms with Crippen LogP contribution in [0.25, 0.3) is 0 Å². The Morgan fingerprint density at radius 2 is 2.05 bits per heavy atom. The first-order valence-corrected chi connectivity index (χ1v) is 6.42. The molecule has 0 radical (unpaired) electrons. The third-order valence-corrected chi connectivity index (χ3v) is 3.65. The molecule has 0 aliphatic carbocycles. The summed E-state index contributed by atoms with van der Waals surface area (Å²) in [5.74, 6) is 0.483. The SMILES string of the molecule is Cc1cc(C)[n+]2c(n1)N(C#N)C(O)(c1ccccc1)C2. The van der Waals surface area contributed by atoms with Crippen molar-refractivity contribution in [2.24, 2.45) is 0 Å².